The van der Waals surface area contributed by atoms with E-state index >= 15 is 0 Å². The van der Waals surface area contributed by atoms with E-state index in [0.29, 0.717) is 12.1 Å². The number of hydrogen-bond donors (Lipinski definition) is 1. The third-order valence-corrected chi connectivity index (χ3v) is 7.68. The average molecular weight is 514 g/mol. The van der Waals surface area contributed by atoms with E-state index in [2.05, 4.69) is 36.5 Å². The molecule has 194 valence electrons. The Labute approximate surface area is 213 Å². The van der Waals surface area contributed by atoms with Gasteiger partial charge in [0.15, 0.2) is 5.78 Å². The molecule has 1 atom stereocenters. The van der Waals surface area contributed by atoms with Gasteiger partial charge in [0.2, 0.25) is 15.9 Å². The summed E-state index contributed by atoms with van der Waals surface area (Å²) in [7, 11) is 0.115. The topological polar surface area (TPSA) is 96.0 Å². The van der Waals surface area contributed by atoms with Crippen LogP contribution in [0.3, 0.4) is 0 Å². The van der Waals surface area contributed by atoms with Crippen LogP contribution in [0.25, 0.3) is 16.3 Å². The van der Waals surface area contributed by atoms with Crippen LogP contribution in [0.15, 0.2) is 30.5 Å². The number of amides is 1. The van der Waals surface area contributed by atoms with Gasteiger partial charge >= 0.3 is 0 Å². The summed E-state index contributed by atoms with van der Waals surface area (Å²) in [6.45, 7) is 8.32. The number of Topliss-reactive ketones (excluding diaryl/α,β-unsaturated/α-hetero) is 1. The molecule has 0 saturated carbocycles. The van der Waals surface area contributed by atoms with Crippen molar-refractivity contribution in [2.75, 3.05) is 44.9 Å². The van der Waals surface area contributed by atoms with Crippen molar-refractivity contribution in [3.63, 3.8) is 0 Å². The van der Waals surface area contributed by atoms with Crippen LogP contribution in [-0.4, -0.2) is 65.1 Å². The van der Waals surface area contributed by atoms with Crippen LogP contribution in [0, 0.1) is 5.92 Å². The van der Waals surface area contributed by atoms with E-state index < -0.39 is 10.0 Å². The maximum Gasteiger partial charge on any atom is 0.234 e. The molecule has 0 radical (unpaired) electrons. The van der Waals surface area contributed by atoms with E-state index in [-0.39, 0.29) is 29.4 Å². The molecular formula is C27H35N3O5S. The number of rotatable bonds is 6. The van der Waals surface area contributed by atoms with Gasteiger partial charge in [-0.05, 0) is 46.9 Å². The molecule has 0 bridgehead atoms. The van der Waals surface area contributed by atoms with E-state index in [0.717, 1.165) is 52.8 Å². The minimum atomic E-state index is -3.22. The highest BCUT2D eigenvalue weighted by Crippen LogP contribution is 2.43. The minimum Gasteiger partial charge on any atom is -0.496 e. The molecule has 0 unspecified atom stereocenters. The van der Waals surface area contributed by atoms with Crippen molar-refractivity contribution >= 4 is 43.7 Å². The number of sulfonamides is 1. The number of nitrogens with one attached hydrogen (secondary N) is 1. The molecule has 9 heteroatoms. The predicted molar refractivity (Wildman–Crippen MR) is 143 cm³/mol. The monoisotopic (exact) mass is 513 g/mol. The highest BCUT2D eigenvalue weighted by Gasteiger charge is 2.30. The van der Waals surface area contributed by atoms with Crippen molar-refractivity contribution in [2.45, 2.75) is 39.0 Å². The molecule has 0 aliphatic carbocycles. The van der Waals surface area contributed by atoms with Gasteiger partial charge in [0.05, 0.1) is 19.8 Å². The van der Waals surface area contributed by atoms with Gasteiger partial charge in [-0.1, -0.05) is 26.8 Å². The Bertz CT molecular complexity index is 1360. The molecular weight excluding hydrogens is 478 g/mol. The van der Waals surface area contributed by atoms with Gasteiger partial charge in [0, 0.05) is 55.1 Å². The van der Waals surface area contributed by atoms with Crippen LogP contribution < -0.4 is 14.4 Å². The lowest BCUT2D eigenvalue weighted by Gasteiger charge is -2.28. The third-order valence-electron chi connectivity index (χ3n) is 6.99. The van der Waals surface area contributed by atoms with Gasteiger partial charge in [-0.3, -0.25) is 9.59 Å². The maximum absolute atomic E-state index is 13.0. The van der Waals surface area contributed by atoms with Crippen LogP contribution in [-0.2, 0) is 25.0 Å². The molecule has 1 N–H and O–H groups in total. The van der Waals surface area contributed by atoms with E-state index in [1.54, 1.807) is 20.4 Å². The quantitative estimate of drug-likeness (QED) is 0.596. The number of carbonyl (C=O) groups excluding carboxylic acids is 2. The maximum atomic E-state index is 13.0. The van der Waals surface area contributed by atoms with Crippen LogP contribution in [0.2, 0.25) is 0 Å². The normalized spacial score (nSPS) is 19.3. The fourth-order valence-electron chi connectivity index (χ4n) is 5.00. The molecule has 1 amide bonds. The zero-order valence-corrected chi connectivity index (χ0v) is 22.7. The number of nitrogens with zero attached hydrogens (tertiary/aromatic N) is 2. The SMILES string of the molecule is COc1c(C(C)(C)C)cc(C2=CN(C)C(=O)CC2=O)c2ccc(N3CC[C@H](CNS(C)(=O)=O)C3)cc12. The molecule has 2 aromatic carbocycles. The zero-order chi connectivity index (χ0) is 26.4. The molecule has 2 aliphatic heterocycles. The van der Waals surface area contributed by atoms with Gasteiger partial charge in [0.1, 0.15) is 5.75 Å². The third kappa shape index (κ3) is 5.27. The standard InChI is InChI=1S/C27H35N3O5S/c1-27(2,3)23-12-20(22-16-29(4)25(32)13-24(22)31)19-8-7-18(11-21(19)26(23)35-5)30-10-9-17(15-30)14-28-36(6,33)34/h7-8,11-12,16-17,28H,9-10,13-15H2,1-6H3/t17-/m1/s1. The number of hydrogen-bond acceptors (Lipinski definition) is 6. The molecule has 1 saturated heterocycles. The van der Waals surface area contributed by atoms with Crippen molar-refractivity contribution in [3.05, 3.63) is 41.6 Å². The predicted octanol–water partition coefficient (Wildman–Crippen LogP) is 3.29. The molecule has 2 aromatic rings. The highest BCUT2D eigenvalue weighted by atomic mass is 32.2. The molecule has 1 fully saturated rings. The van der Waals surface area contributed by atoms with Crippen LogP contribution in [0.4, 0.5) is 5.69 Å². The first-order valence-corrected chi connectivity index (χ1v) is 14.0. The summed E-state index contributed by atoms with van der Waals surface area (Å²) in [5.41, 5.74) is 3.07. The van der Waals surface area contributed by atoms with Gasteiger partial charge in [-0.2, -0.15) is 0 Å². The van der Waals surface area contributed by atoms with Gasteiger partial charge in [-0.25, -0.2) is 13.1 Å². The van der Waals surface area contributed by atoms with Crippen molar-refractivity contribution < 1.29 is 22.7 Å². The fourth-order valence-corrected chi connectivity index (χ4v) is 5.54. The smallest absolute Gasteiger partial charge is 0.234 e. The fraction of sp³-hybridized carbons (Fsp3) is 0.481. The molecule has 8 nitrogen and oxygen atoms in total. The Kier molecular flexibility index (Phi) is 6.92. The number of methoxy groups -OCH3 is 1. The summed E-state index contributed by atoms with van der Waals surface area (Å²) in [6.07, 6.45) is 3.57. The van der Waals surface area contributed by atoms with Crippen molar-refractivity contribution in [1.82, 2.24) is 9.62 Å². The van der Waals surface area contributed by atoms with Gasteiger partial charge < -0.3 is 14.5 Å². The molecule has 4 rings (SSSR count). The second-order valence-corrected chi connectivity index (χ2v) is 12.7. The molecule has 0 aromatic heterocycles. The summed E-state index contributed by atoms with van der Waals surface area (Å²) < 4.78 is 31.6. The Morgan fingerprint density at radius 2 is 1.86 bits per heavy atom. The lowest BCUT2D eigenvalue weighted by atomic mass is 9.81. The number of allylic oxidation sites excluding steroid dienone is 1. The first kappa shape index (κ1) is 26.2. The van der Waals surface area contributed by atoms with Crippen molar-refractivity contribution in [3.8, 4) is 5.75 Å². The van der Waals surface area contributed by atoms with Crippen molar-refractivity contribution in [2.24, 2.45) is 5.92 Å². The summed E-state index contributed by atoms with van der Waals surface area (Å²) in [5, 5.41) is 1.80. The molecule has 0 spiro atoms. The largest absolute Gasteiger partial charge is 0.496 e. The Hall–Kier alpha value is -2.91. The van der Waals surface area contributed by atoms with Gasteiger partial charge in [-0.15, -0.1) is 0 Å². The number of anilines is 1. The summed E-state index contributed by atoms with van der Waals surface area (Å²) in [6, 6.07) is 8.18. The van der Waals surface area contributed by atoms with Crippen LogP contribution >= 0.6 is 0 Å². The molecule has 2 aliphatic rings. The zero-order valence-electron chi connectivity index (χ0n) is 21.8. The first-order valence-electron chi connectivity index (χ1n) is 12.1. The van der Waals surface area contributed by atoms with E-state index in [1.807, 2.05) is 18.2 Å². The number of ketones is 1. The lowest BCUT2D eigenvalue weighted by Crippen LogP contribution is -2.30. The number of fused-ring (bicyclic) bond motifs is 1. The highest BCUT2D eigenvalue weighted by molar-refractivity contribution is 7.88. The Morgan fingerprint density at radius 3 is 2.50 bits per heavy atom. The van der Waals surface area contributed by atoms with Crippen LogP contribution in [0.1, 0.15) is 44.7 Å². The molecule has 36 heavy (non-hydrogen) atoms. The number of carbonyl (C=O) groups is 2. The second-order valence-electron chi connectivity index (χ2n) is 10.9. The summed E-state index contributed by atoms with van der Waals surface area (Å²) in [5.74, 6) is 0.598. The van der Waals surface area contributed by atoms with E-state index in [1.165, 1.54) is 11.2 Å². The summed E-state index contributed by atoms with van der Waals surface area (Å²) >= 11 is 0. The van der Waals surface area contributed by atoms with Crippen molar-refractivity contribution in [1.29, 1.82) is 0 Å². The minimum absolute atomic E-state index is 0.143. The lowest BCUT2D eigenvalue weighted by molar-refractivity contribution is -0.131. The van der Waals surface area contributed by atoms with Gasteiger partial charge in [0.25, 0.3) is 0 Å². The first-order chi connectivity index (χ1) is 16.8. The second kappa shape index (κ2) is 9.52. The average Bonchev–Trinajstić information content (AvgIpc) is 3.27. The Balaban J connectivity index is 1.81. The molecule has 2 heterocycles. The van der Waals surface area contributed by atoms with Crippen LogP contribution in [0.5, 0.6) is 5.75 Å². The van der Waals surface area contributed by atoms with E-state index in [4.69, 9.17) is 4.74 Å². The van der Waals surface area contributed by atoms with E-state index in [9.17, 15) is 18.0 Å². The number of benzene rings is 2. The summed E-state index contributed by atoms with van der Waals surface area (Å²) in [4.78, 5) is 28.8. The Morgan fingerprint density at radius 1 is 1.14 bits per heavy atom. The number of ether oxygens (including phenoxy) is 1.